The van der Waals surface area contributed by atoms with Gasteiger partial charge in [-0.1, -0.05) is 0 Å². The van der Waals surface area contributed by atoms with E-state index in [0.29, 0.717) is 19.1 Å². The van der Waals surface area contributed by atoms with Crippen molar-refractivity contribution in [2.75, 3.05) is 27.2 Å². The van der Waals surface area contributed by atoms with Gasteiger partial charge in [-0.25, -0.2) is 8.42 Å². The van der Waals surface area contributed by atoms with E-state index in [1.807, 2.05) is 14.1 Å². The van der Waals surface area contributed by atoms with Crippen LogP contribution in [0.25, 0.3) is 0 Å². The minimum Gasteiger partial charge on any atom is -0.446 e. The van der Waals surface area contributed by atoms with Gasteiger partial charge >= 0.3 is 0 Å². The molecule has 1 aromatic heterocycles. The Morgan fingerprint density at radius 2 is 2.00 bits per heavy atom. The molecule has 108 valence electrons. The molecule has 0 aromatic carbocycles. The van der Waals surface area contributed by atoms with E-state index in [2.05, 4.69) is 4.90 Å². The zero-order valence-electron chi connectivity index (χ0n) is 11.2. The minimum atomic E-state index is -3.56. The second kappa shape index (κ2) is 5.62. The molecule has 1 aliphatic rings. The Bertz CT molecular complexity index is 516. The smallest absolute Gasteiger partial charge is 0.276 e. The molecular formula is C12H20N2O4S. The highest BCUT2D eigenvalue weighted by molar-refractivity contribution is 7.89. The Labute approximate surface area is 113 Å². The molecule has 0 radical (unpaired) electrons. The van der Waals surface area contributed by atoms with Crippen molar-refractivity contribution in [3.8, 4) is 0 Å². The lowest BCUT2D eigenvalue weighted by Gasteiger charge is -2.33. The second-order valence-corrected chi connectivity index (χ2v) is 6.85. The van der Waals surface area contributed by atoms with E-state index in [1.165, 1.54) is 16.4 Å². The van der Waals surface area contributed by atoms with E-state index < -0.39 is 10.0 Å². The molecule has 19 heavy (non-hydrogen) atoms. The Morgan fingerprint density at radius 1 is 1.37 bits per heavy atom. The van der Waals surface area contributed by atoms with E-state index in [1.54, 1.807) is 0 Å². The quantitative estimate of drug-likeness (QED) is 0.872. The predicted octanol–water partition coefficient (Wildman–Crippen LogP) is 0.487. The maximum absolute atomic E-state index is 12.3. The van der Waals surface area contributed by atoms with Crippen LogP contribution in [0.2, 0.25) is 0 Å². The van der Waals surface area contributed by atoms with Gasteiger partial charge in [0.15, 0.2) is 0 Å². The second-order valence-electron chi connectivity index (χ2n) is 4.98. The molecule has 1 fully saturated rings. The number of hydrogen-bond acceptors (Lipinski definition) is 5. The molecule has 0 amide bonds. The first-order valence-corrected chi connectivity index (χ1v) is 7.75. The van der Waals surface area contributed by atoms with E-state index in [0.717, 1.165) is 12.8 Å². The fourth-order valence-electron chi connectivity index (χ4n) is 2.31. The first-order valence-electron chi connectivity index (χ1n) is 6.31. The fourth-order valence-corrected chi connectivity index (χ4v) is 3.71. The number of piperidine rings is 1. The standard InChI is InChI=1S/C12H20N2O4S/c1-13(2)10-5-7-14(8-6-10)19(16,17)12-4-3-11(9-15)18-12/h3-4,10,15H,5-9H2,1-2H3. The fraction of sp³-hybridized carbons (Fsp3) is 0.667. The van der Waals surface area contributed by atoms with Crippen LogP contribution < -0.4 is 0 Å². The van der Waals surface area contributed by atoms with Crippen molar-refractivity contribution >= 4 is 10.0 Å². The highest BCUT2D eigenvalue weighted by atomic mass is 32.2. The van der Waals surface area contributed by atoms with Gasteiger partial charge in [0.05, 0.1) is 0 Å². The van der Waals surface area contributed by atoms with Gasteiger partial charge in [0.2, 0.25) is 5.09 Å². The predicted molar refractivity (Wildman–Crippen MR) is 70.1 cm³/mol. The summed E-state index contributed by atoms with van der Waals surface area (Å²) in [6.07, 6.45) is 1.64. The first kappa shape index (κ1) is 14.5. The molecule has 0 atom stereocenters. The lowest BCUT2D eigenvalue weighted by atomic mass is 10.1. The molecule has 0 saturated carbocycles. The molecule has 0 aliphatic carbocycles. The lowest BCUT2D eigenvalue weighted by Crippen LogP contribution is -2.44. The third kappa shape index (κ3) is 3.00. The van der Waals surface area contributed by atoms with Gasteiger partial charge in [0.1, 0.15) is 12.4 Å². The molecule has 0 unspecified atom stereocenters. The summed E-state index contributed by atoms with van der Waals surface area (Å²) in [5.74, 6) is 0.266. The van der Waals surface area contributed by atoms with Crippen LogP contribution in [0.5, 0.6) is 0 Å². The maximum atomic E-state index is 12.3. The average molecular weight is 288 g/mol. The van der Waals surface area contributed by atoms with E-state index in [-0.39, 0.29) is 17.5 Å². The van der Waals surface area contributed by atoms with Gasteiger partial charge in [-0.15, -0.1) is 0 Å². The van der Waals surface area contributed by atoms with Gasteiger partial charge < -0.3 is 14.4 Å². The van der Waals surface area contributed by atoms with Crippen molar-refractivity contribution in [1.82, 2.24) is 9.21 Å². The summed E-state index contributed by atoms with van der Waals surface area (Å²) in [7, 11) is 0.454. The molecule has 7 heteroatoms. The van der Waals surface area contributed by atoms with Crippen LogP contribution in [0.15, 0.2) is 21.6 Å². The van der Waals surface area contributed by atoms with Gasteiger partial charge in [0, 0.05) is 19.1 Å². The molecule has 0 spiro atoms. The van der Waals surface area contributed by atoms with Crippen LogP contribution in [0.4, 0.5) is 0 Å². The van der Waals surface area contributed by atoms with Crippen molar-refractivity contribution < 1.29 is 17.9 Å². The number of hydrogen-bond donors (Lipinski definition) is 1. The lowest BCUT2D eigenvalue weighted by molar-refractivity contribution is 0.193. The van der Waals surface area contributed by atoms with E-state index in [4.69, 9.17) is 9.52 Å². The summed E-state index contributed by atoms with van der Waals surface area (Å²) in [5, 5.41) is 8.83. The summed E-state index contributed by atoms with van der Waals surface area (Å²) in [6, 6.07) is 3.31. The SMILES string of the molecule is CN(C)C1CCN(S(=O)(=O)c2ccc(CO)o2)CC1. The Hall–Kier alpha value is -0.890. The Balaban J connectivity index is 2.09. The largest absolute Gasteiger partial charge is 0.446 e. The van der Waals surface area contributed by atoms with Crippen molar-refractivity contribution in [3.05, 3.63) is 17.9 Å². The third-order valence-electron chi connectivity index (χ3n) is 3.54. The minimum absolute atomic E-state index is 0.0835. The molecule has 2 heterocycles. The van der Waals surface area contributed by atoms with Gasteiger partial charge in [-0.3, -0.25) is 0 Å². The summed E-state index contributed by atoms with van der Waals surface area (Å²) in [5.41, 5.74) is 0. The number of sulfonamides is 1. The first-order chi connectivity index (χ1) is 8.95. The molecule has 1 saturated heterocycles. The van der Waals surface area contributed by atoms with Crippen molar-refractivity contribution in [2.24, 2.45) is 0 Å². The molecule has 0 bridgehead atoms. The number of aliphatic hydroxyl groups excluding tert-OH is 1. The van der Waals surface area contributed by atoms with Crippen LogP contribution in [0.1, 0.15) is 18.6 Å². The van der Waals surface area contributed by atoms with E-state index >= 15 is 0 Å². The van der Waals surface area contributed by atoms with Crippen molar-refractivity contribution in [3.63, 3.8) is 0 Å². The number of furan rings is 1. The highest BCUT2D eigenvalue weighted by Crippen LogP contribution is 2.23. The number of rotatable bonds is 4. The number of nitrogens with zero attached hydrogens (tertiary/aromatic N) is 2. The zero-order chi connectivity index (χ0) is 14.0. The van der Waals surface area contributed by atoms with Gasteiger partial charge in [-0.05, 0) is 39.1 Å². The highest BCUT2D eigenvalue weighted by Gasteiger charge is 2.32. The van der Waals surface area contributed by atoms with Gasteiger partial charge in [-0.2, -0.15) is 4.31 Å². The summed E-state index contributed by atoms with van der Waals surface area (Å²) < 4.78 is 31.2. The molecule has 1 aromatic rings. The van der Waals surface area contributed by atoms with Gasteiger partial charge in [0.25, 0.3) is 10.0 Å². The van der Waals surface area contributed by atoms with Crippen molar-refractivity contribution in [2.45, 2.75) is 30.6 Å². The summed E-state index contributed by atoms with van der Waals surface area (Å²) >= 11 is 0. The Kier molecular flexibility index (Phi) is 4.29. The average Bonchev–Trinajstić information content (AvgIpc) is 2.88. The molecule has 1 N–H and O–H groups in total. The monoisotopic (exact) mass is 288 g/mol. The van der Waals surface area contributed by atoms with E-state index in [9.17, 15) is 8.42 Å². The topological polar surface area (TPSA) is 74.0 Å². The van der Waals surface area contributed by atoms with Crippen LogP contribution in [0, 0.1) is 0 Å². The summed E-state index contributed by atoms with van der Waals surface area (Å²) in [4.78, 5) is 2.13. The summed E-state index contributed by atoms with van der Waals surface area (Å²) in [6.45, 7) is 0.707. The molecule has 2 rings (SSSR count). The molecule has 6 nitrogen and oxygen atoms in total. The Morgan fingerprint density at radius 3 is 2.47 bits per heavy atom. The van der Waals surface area contributed by atoms with Crippen LogP contribution in [-0.2, 0) is 16.6 Å². The molecular weight excluding hydrogens is 268 g/mol. The van der Waals surface area contributed by atoms with Crippen LogP contribution in [-0.4, -0.2) is 56.0 Å². The third-order valence-corrected chi connectivity index (χ3v) is 5.31. The van der Waals surface area contributed by atoms with Crippen molar-refractivity contribution in [1.29, 1.82) is 0 Å². The normalized spacial score (nSPS) is 19.2. The molecule has 1 aliphatic heterocycles. The number of aliphatic hydroxyl groups is 1. The maximum Gasteiger partial charge on any atom is 0.276 e. The zero-order valence-corrected chi connectivity index (χ0v) is 12.1. The van der Waals surface area contributed by atoms with Crippen LogP contribution in [0.3, 0.4) is 0 Å². The van der Waals surface area contributed by atoms with Crippen LogP contribution >= 0.6 is 0 Å².